The fraction of sp³-hybridized carbons (Fsp3) is 0.381. The summed E-state index contributed by atoms with van der Waals surface area (Å²) in [6, 6.07) is 5.67. The second-order valence-electron chi connectivity index (χ2n) is 7.93. The van der Waals surface area contributed by atoms with E-state index in [1.165, 1.54) is 6.07 Å². The van der Waals surface area contributed by atoms with E-state index in [9.17, 15) is 23.2 Å². The molecule has 3 amide bonds. The standard InChI is InChI=1S/C21H20Cl2F2N4O3/c1-21(2,15-5-4-14(18(24)25)28-29-15)20(32)26-9-10-7-12(22)17(13(23)8-10)11-3-6-16(30)27-19(11)31/h4-5,7-8,11,18H,3,6,9H2,1-2H3,(H,26,32)(H,27,30,31). The van der Waals surface area contributed by atoms with Gasteiger partial charge in [0, 0.05) is 28.6 Å². The smallest absolute Gasteiger partial charge is 0.282 e. The Labute approximate surface area is 192 Å². The van der Waals surface area contributed by atoms with Crippen LogP contribution in [0.15, 0.2) is 24.3 Å². The lowest BCUT2D eigenvalue weighted by molar-refractivity contribution is -0.134. The fourth-order valence-electron chi connectivity index (χ4n) is 3.35. The molecule has 2 heterocycles. The van der Waals surface area contributed by atoms with Gasteiger partial charge in [0.1, 0.15) is 5.69 Å². The third-order valence-corrected chi connectivity index (χ3v) is 5.92. The summed E-state index contributed by atoms with van der Waals surface area (Å²) in [7, 11) is 0. The quantitative estimate of drug-likeness (QED) is 0.606. The molecular weight excluding hydrogens is 465 g/mol. The lowest BCUT2D eigenvalue weighted by Gasteiger charge is -2.24. The molecule has 1 atom stereocenters. The van der Waals surface area contributed by atoms with E-state index in [0.29, 0.717) is 17.5 Å². The van der Waals surface area contributed by atoms with Crippen LogP contribution in [0.25, 0.3) is 0 Å². The molecule has 1 aromatic heterocycles. The molecule has 1 aliphatic rings. The lowest BCUT2D eigenvalue weighted by atomic mass is 9.87. The van der Waals surface area contributed by atoms with Crippen molar-refractivity contribution < 1.29 is 23.2 Å². The number of piperidine rings is 1. The number of nitrogens with one attached hydrogen (secondary N) is 2. The van der Waals surface area contributed by atoms with Crippen molar-refractivity contribution in [1.82, 2.24) is 20.8 Å². The summed E-state index contributed by atoms with van der Waals surface area (Å²) >= 11 is 12.7. The van der Waals surface area contributed by atoms with Crippen molar-refractivity contribution in [3.63, 3.8) is 0 Å². The van der Waals surface area contributed by atoms with Crippen molar-refractivity contribution in [2.24, 2.45) is 0 Å². The van der Waals surface area contributed by atoms with Crippen molar-refractivity contribution in [2.45, 2.75) is 51.0 Å². The second kappa shape index (κ2) is 9.46. The minimum absolute atomic E-state index is 0.0832. The highest BCUT2D eigenvalue weighted by atomic mass is 35.5. The maximum atomic E-state index is 12.7. The van der Waals surface area contributed by atoms with Gasteiger partial charge in [0.25, 0.3) is 6.43 Å². The molecule has 1 unspecified atom stereocenters. The molecule has 1 saturated heterocycles. The van der Waals surface area contributed by atoms with Gasteiger partial charge in [-0.2, -0.15) is 5.10 Å². The summed E-state index contributed by atoms with van der Waals surface area (Å²) in [4.78, 5) is 36.3. The van der Waals surface area contributed by atoms with Crippen LogP contribution in [0.2, 0.25) is 10.0 Å². The first-order valence-corrected chi connectivity index (χ1v) is 10.5. The molecule has 1 aliphatic heterocycles. The van der Waals surface area contributed by atoms with E-state index in [2.05, 4.69) is 20.8 Å². The Bertz CT molecular complexity index is 1040. The molecule has 0 spiro atoms. The summed E-state index contributed by atoms with van der Waals surface area (Å²) in [5, 5.41) is 12.7. The minimum atomic E-state index is -2.74. The van der Waals surface area contributed by atoms with Crippen molar-refractivity contribution in [3.05, 3.63) is 56.8 Å². The van der Waals surface area contributed by atoms with Crippen LogP contribution < -0.4 is 10.6 Å². The number of aromatic nitrogens is 2. The third kappa shape index (κ3) is 5.05. The summed E-state index contributed by atoms with van der Waals surface area (Å²) in [5.74, 6) is -1.83. The van der Waals surface area contributed by atoms with Gasteiger partial charge in [0.05, 0.1) is 17.0 Å². The second-order valence-corrected chi connectivity index (χ2v) is 8.74. The fourth-order valence-corrected chi connectivity index (χ4v) is 4.15. The molecule has 3 rings (SSSR count). The Morgan fingerprint density at radius 1 is 1.22 bits per heavy atom. The molecule has 1 aromatic carbocycles. The average Bonchev–Trinajstić information content (AvgIpc) is 2.73. The summed E-state index contributed by atoms with van der Waals surface area (Å²) in [5.41, 5.74) is -0.329. The molecule has 0 aliphatic carbocycles. The molecule has 0 bridgehead atoms. The number of amides is 3. The van der Waals surface area contributed by atoms with Crippen LogP contribution in [-0.4, -0.2) is 27.9 Å². The van der Waals surface area contributed by atoms with Gasteiger partial charge < -0.3 is 5.32 Å². The Balaban J connectivity index is 1.71. The number of hydrogen-bond acceptors (Lipinski definition) is 5. The first-order chi connectivity index (χ1) is 15.0. The first kappa shape index (κ1) is 24.0. The number of rotatable bonds is 6. The highest BCUT2D eigenvalue weighted by Crippen LogP contribution is 2.37. The van der Waals surface area contributed by atoms with Gasteiger partial charge >= 0.3 is 0 Å². The molecule has 7 nitrogen and oxygen atoms in total. The zero-order chi connectivity index (χ0) is 23.6. The van der Waals surface area contributed by atoms with Crippen LogP contribution in [0.5, 0.6) is 0 Å². The Kier molecular flexibility index (Phi) is 7.09. The van der Waals surface area contributed by atoms with Crippen LogP contribution in [0.4, 0.5) is 8.78 Å². The number of carbonyl (C=O) groups is 3. The molecule has 2 N–H and O–H groups in total. The van der Waals surface area contributed by atoms with E-state index < -0.39 is 35.3 Å². The van der Waals surface area contributed by atoms with Gasteiger partial charge in [0.2, 0.25) is 17.7 Å². The minimum Gasteiger partial charge on any atom is -0.351 e. The molecule has 0 saturated carbocycles. The van der Waals surface area contributed by atoms with Gasteiger partial charge in [-0.05, 0) is 50.1 Å². The topological polar surface area (TPSA) is 101 Å². The molecular formula is C21H20Cl2F2N4O3. The number of imide groups is 1. The van der Waals surface area contributed by atoms with Crippen LogP contribution in [0.1, 0.15) is 61.5 Å². The van der Waals surface area contributed by atoms with E-state index in [4.69, 9.17) is 23.2 Å². The number of hydrogen-bond donors (Lipinski definition) is 2. The van der Waals surface area contributed by atoms with Crippen LogP contribution in [-0.2, 0) is 26.3 Å². The highest BCUT2D eigenvalue weighted by molar-refractivity contribution is 6.36. The maximum absolute atomic E-state index is 12.7. The van der Waals surface area contributed by atoms with Crippen molar-refractivity contribution in [1.29, 1.82) is 0 Å². The van der Waals surface area contributed by atoms with Gasteiger partial charge in [-0.3, -0.25) is 19.7 Å². The van der Waals surface area contributed by atoms with Gasteiger partial charge in [-0.25, -0.2) is 8.78 Å². The largest absolute Gasteiger partial charge is 0.351 e. The normalized spacial score (nSPS) is 16.8. The van der Waals surface area contributed by atoms with Crippen LogP contribution in [0, 0.1) is 0 Å². The number of nitrogens with zero attached hydrogens (tertiary/aromatic N) is 2. The van der Waals surface area contributed by atoms with E-state index in [0.717, 1.165) is 6.07 Å². The Morgan fingerprint density at radius 3 is 2.41 bits per heavy atom. The molecule has 2 aromatic rings. The van der Waals surface area contributed by atoms with E-state index in [1.807, 2.05) is 0 Å². The summed E-state index contributed by atoms with van der Waals surface area (Å²) in [6.07, 6.45) is -2.25. The average molecular weight is 485 g/mol. The predicted octanol–water partition coefficient (Wildman–Crippen LogP) is 3.84. The first-order valence-electron chi connectivity index (χ1n) is 9.72. The third-order valence-electron chi connectivity index (χ3n) is 5.30. The molecule has 170 valence electrons. The maximum Gasteiger partial charge on any atom is 0.282 e. The number of halogens is 4. The van der Waals surface area contributed by atoms with E-state index in [1.54, 1.807) is 26.0 Å². The Morgan fingerprint density at radius 2 is 1.88 bits per heavy atom. The summed E-state index contributed by atoms with van der Waals surface area (Å²) in [6.45, 7) is 3.28. The molecule has 1 fully saturated rings. The Hall–Kier alpha value is -2.65. The van der Waals surface area contributed by atoms with Crippen molar-refractivity contribution in [3.8, 4) is 0 Å². The van der Waals surface area contributed by atoms with E-state index >= 15 is 0 Å². The molecule has 11 heteroatoms. The highest BCUT2D eigenvalue weighted by Gasteiger charge is 2.33. The van der Waals surface area contributed by atoms with E-state index in [-0.39, 0.29) is 34.6 Å². The van der Waals surface area contributed by atoms with Gasteiger partial charge in [0.15, 0.2) is 0 Å². The van der Waals surface area contributed by atoms with Gasteiger partial charge in [-0.15, -0.1) is 5.10 Å². The van der Waals surface area contributed by atoms with Crippen LogP contribution >= 0.6 is 23.2 Å². The van der Waals surface area contributed by atoms with Gasteiger partial charge in [-0.1, -0.05) is 23.2 Å². The van der Waals surface area contributed by atoms with Crippen LogP contribution in [0.3, 0.4) is 0 Å². The monoisotopic (exact) mass is 484 g/mol. The zero-order valence-corrected chi connectivity index (χ0v) is 18.7. The van der Waals surface area contributed by atoms with Crippen molar-refractivity contribution in [2.75, 3.05) is 0 Å². The van der Waals surface area contributed by atoms with Crippen molar-refractivity contribution >= 4 is 40.9 Å². The number of alkyl halides is 2. The molecule has 32 heavy (non-hydrogen) atoms. The number of carbonyl (C=O) groups excluding carboxylic acids is 3. The molecule has 0 radical (unpaired) electrons. The SMILES string of the molecule is CC(C)(C(=O)NCc1cc(Cl)c(C2CCC(=O)NC2=O)c(Cl)c1)c1ccc(C(F)F)nn1. The summed E-state index contributed by atoms with van der Waals surface area (Å²) < 4.78 is 25.3. The number of benzene rings is 1. The lowest BCUT2D eigenvalue weighted by Crippen LogP contribution is -2.40. The zero-order valence-electron chi connectivity index (χ0n) is 17.2. The predicted molar refractivity (Wildman–Crippen MR) is 113 cm³/mol.